The minimum absolute atomic E-state index is 0.149. The van der Waals surface area contributed by atoms with Gasteiger partial charge < -0.3 is 10.6 Å². The van der Waals surface area contributed by atoms with Crippen LogP contribution in [0.15, 0.2) is 28.7 Å². The molecule has 7 heteroatoms. The van der Waals surface area contributed by atoms with Gasteiger partial charge in [0.05, 0.1) is 12.1 Å². The Bertz CT molecular complexity index is 653. The van der Waals surface area contributed by atoms with Gasteiger partial charge in [0.15, 0.2) is 0 Å². The van der Waals surface area contributed by atoms with Crippen LogP contribution in [0.4, 0.5) is 8.78 Å². The maximum absolute atomic E-state index is 14.0. The Morgan fingerprint density at radius 1 is 1.36 bits per heavy atom. The van der Waals surface area contributed by atoms with Gasteiger partial charge in [0.2, 0.25) is 5.91 Å². The molecule has 0 unspecified atom stereocenters. The van der Waals surface area contributed by atoms with Gasteiger partial charge in [-0.1, -0.05) is 41.9 Å². The summed E-state index contributed by atoms with van der Waals surface area (Å²) in [4.78, 5) is 14.0. The predicted molar refractivity (Wildman–Crippen MR) is 94.7 cm³/mol. The topological polar surface area (TPSA) is 70.1 Å². The quantitative estimate of drug-likeness (QED) is 0.733. The zero-order valence-corrected chi connectivity index (χ0v) is 15.8. The number of hydrogen-bond acceptors (Lipinski definition) is 3. The van der Waals surface area contributed by atoms with Crippen molar-refractivity contribution in [3.63, 3.8) is 0 Å². The number of rotatable bonds is 7. The van der Waals surface area contributed by atoms with Crippen LogP contribution in [0.2, 0.25) is 0 Å². The second-order valence-corrected chi connectivity index (χ2v) is 7.83. The van der Waals surface area contributed by atoms with Crippen LogP contribution >= 0.6 is 15.9 Å². The van der Waals surface area contributed by atoms with E-state index in [0.29, 0.717) is 24.8 Å². The summed E-state index contributed by atoms with van der Waals surface area (Å²) in [5.74, 6) is -0.434. The first-order valence-corrected chi connectivity index (χ1v) is 9.05. The Morgan fingerprint density at radius 2 is 1.92 bits per heavy atom. The second kappa shape index (κ2) is 7.79. The van der Waals surface area contributed by atoms with E-state index in [1.807, 2.05) is 13.8 Å². The molecule has 1 fully saturated rings. The van der Waals surface area contributed by atoms with Crippen molar-refractivity contribution in [1.82, 2.24) is 4.90 Å². The minimum Gasteiger partial charge on any atom is -0.320 e. The van der Waals surface area contributed by atoms with Crippen LogP contribution in [-0.2, 0) is 4.79 Å². The van der Waals surface area contributed by atoms with E-state index in [9.17, 15) is 18.8 Å². The molecular weight excluding hydrogens is 392 g/mol. The van der Waals surface area contributed by atoms with Crippen molar-refractivity contribution in [3.05, 3.63) is 34.3 Å². The SMILES string of the molecule is CC(C)C[C@H](N)C(=O)N([C@@H](c1ccc(Br)cc1)C(F)F)C1(C#N)CC1. The van der Waals surface area contributed by atoms with Crippen molar-refractivity contribution < 1.29 is 13.6 Å². The molecule has 25 heavy (non-hydrogen) atoms. The lowest BCUT2D eigenvalue weighted by atomic mass is 9.98. The largest absolute Gasteiger partial charge is 0.320 e. The zero-order chi connectivity index (χ0) is 18.8. The van der Waals surface area contributed by atoms with E-state index in [-0.39, 0.29) is 5.92 Å². The molecule has 1 aliphatic carbocycles. The molecule has 2 rings (SSSR count). The molecule has 1 aliphatic rings. The van der Waals surface area contributed by atoms with Gasteiger partial charge in [-0.3, -0.25) is 4.79 Å². The molecule has 0 spiro atoms. The third-order valence-electron chi connectivity index (χ3n) is 4.40. The first-order valence-electron chi connectivity index (χ1n) is 8.25. The van der Waals surface area contributed by atoms with Crippen LogP contribution in [0.3, 0.4) is 0 Å². The van der Waals surface area contributed by atoms with Crippen LogP contribution in [0, 0.1) is 17.2 Å². The first-order chi connectivity index (χ1) is 11.7. The van der Waals surface area contributed by atoms with Crippen molar-refractivity contribution >= 4 is 21.8 Å². The fraction of sp³-hybridized carbons (Fsp3) is 0.556. The summed E-state index contributed by atoms with van der Waals surface area (Å²) >= 11 is 3.27. The number of carbonyl (C=O) groups is 1. The number of nitriles is 1. The van der Waals surface area contributed by atoms with Gasteiger partial charge in [-0.25, -0.2) is 8.78 Å². The smallest absolute Gasteiger partial charge is 0.262 e. The molecule has 1 aromatic rings. The molecule has 1 amide bonds. The summed E-state index contributed by atoms with van der Waals surface area (Å²) in [6.07, 6.45) is -1.65. The van der Waals surface area contributed by atoms with Crippen LogP contribution in [-0.4, -0.2) is 28.8 Å². The third kappa shape index (κ3) is 4.36. The van der Waals surface area contributed by atoms with Crippen molar-refractivity contribution in [2.75, 3.05) is 0 Å². The number of amides is 1. The van der Waals surface area contributed by atoms with E-state index < -0.39 is 30.0 Å². The molecule has 0 saturated heterocycles. The molecule has 4 nitrogen and oxygen atoms in total. The highest BCUT2D eigenvalue weighted by atomic mass is 79.9. The molecule has 2 atom stereocenters. The average molecular weight is 414 g/mol. The van der Waals surface area contributed by atoms with Crippen molar-refractivity contribution in [2.45, 2.75) is 57.2 Å². The number of carbonyl (C=O) groups excluding carboxylic acids is 1. The number of halogens is 3. The van der Waals surface area contributed by atoms with Crippen LogP contribution in [0.5, 0.6) is 0 Å². The van der Waals surface area contributed by atoms with Gasteiger partial charge in [-0.05, 0) is 42.9 Å². The fourth-order valence-electron chi connectivity index (χ4n) is 2.99. The highest BCUT2D eigenvalue weighted by Crippen LogP contribution is 2.47. The van der Waals surface area contributed by atoms with Gasteiger partial charge in [-0.2, -0.15) is 5.26 Å². The molecular formula is C18H22BrF2N3O. The van der Waals surface area contributed by atoms with Crippen LogP contribution in [0.25, 0.3) is 0 Å². The van der Waals surface area contributed by atoms with Crippen LogP contribution < -0.4 is 5.73 Å². The van der Waals surface area contributed by atoms with Gasteiger partial charge in [-0.15, -0.1) is 0 Å². The molecule has 0 aromatic heterocycles. The maximum Gasteiger partial charge on any atom is 0.262 e. The summed E-state index contributed by atoms with van der Waals surface area (Å²) in [6, 6.07) is 6.06. The second-order valence-electron chi connectivity index (χ2n) is 6.92. The summed E-state index contributed by atoms with van der Waals surface area (Å²) in [7, 11) is 0. The number of benzene rings is 1. The summed E-state index contributed by atoms with van der Waals surface area (Å²) in [6.45, 7) is 3.82. The number of hydrogen-bond donors (Lipinski definition) is 1. The predicted octanol–water partition coefficient (Wildman–Crippen LogP) is 4.01. The Labute approximate surface area is 155 Å². The van der Waals surface area contributed by atoms with Gasteiger partial charge in [0.1, 0.15) is 11.6 Å². The minimum atomic E-state index is -2.82. The van der Waals surface area contributed by atoms with E-state index in [2.05, 4.69) is 22.0 Å². The Hall–Kier alpha value is -1.52. The number of nitrogens with zero attached hydrogens (tertiary/aromatic N) is 2. The van der Waals surface area contributed by atoms with E-state index in [4.69, 9.17) is 5.73 Å². The van der Waals surface area contributed by atoms with Crippen molar-refractivity contribution in [2.24, 2.45) is 11.7 Å². The lowest BCUT2D eigenvalue weighted by molar-refractivity contribution is -0.142. The van der Waals surface area contributed by atoms with Crippen molar-refractivity contribution in [1.29, 1.82) is 5.26 Å². The normalized spacial score (nSPS) is 17.9. The molecule has 1 aromatic carbocycles. The third-order valence-corrected chi connectivity index (χ3v) is 4.93. The molecule has 0 heterocycles. The standard InChI is InChI=1S/C18H22BrF2N3O/c1-11(2)9-14(23)17(25)24(18(10-22)7-8-18)15(16(20)21)12-3-5-13(19)6-4-12/h3-6,11,14-16H,7-9,23H2,1-2H3/t14-,15-/m0/s1. The lowest BCUT2D eigenvalue weighted by Gasteiger charge is -2.37. The van der Waals surface area contributed by atoms with E-state index in [0.717, 1.165) is 9.37 Å². The monoisotopic (exact) mass is 413 g/mol. The molecule has 0 bridgehead atoms. The van der Waals surface area contributed by atoms with E-state index in [1.54, 1.807) is 24.3 Å². The first kappa shape index (κ1) is 19.8. The summed E-state index contributed by atoms with van der Waals surface area (Å²) in [5, 5.41) is 9.52. The number of nitrogens with two attached hydrogens (primary N) is 1. The molecule has 136 valence electrons. The Morgan fingerprint density at radius 3 is 2.32 bits per heavy atom. The molecule has 0 aliphatic heterocycles. The summed E-state index contributed by atoms with van der Waals surface area (Å²) < 4.78 is 28.7. The molecule has 1 saturated carbocycles. The van der Waals surface area contributed by atoms with Crippen molar-refractivity contribution in [3.8, 4) is 6.07 Å². The Kier molecular flexibility index (Phi) is 6.17. The zero-order valence-electron chi connectivity index (χ0n) is 14.3. The fourth-order valence-corrected chi connectivity index (χ4v) is 3.26. The highest BCUT2D eigenvalue weighted by molar-refractivity contribution is 9.10. The van der Waals surface area contributed by atoms with Gasteiger partial charge in [0.25, 0.3) is 6.43 Å². The highest BCUT2D eigenvalue weighted by Gasteiger charge is 2.56. The van der Waals surface area contributed by atoms with Gasteiger partial charge in [0, 0.05) is 4.47 Å². The molecule has 2 N–H and O–H groups in total. The maximum atomic E-state index is 14.0. The lowest BCUT2D eigenvalue weighted by Crippen LogP contribution is -2.53. The van der Waals surface area contributed by atoms with Gasteiger partial charge >= 0.3 is 0 Å². The van der Waals surface area contributed by atoms with E-state index in [1.165, 1.54) is 0 Å². The Balaban J connectivity index is 2.44. The molecule has 0 radical (unpaired) electrons. The average Bonchev–Trinajstić information content (AvgIpc) is 3.33. The van der Waals surface area contributed by atoms with E-state index >= 15 is 0 Å². The number of alkyl halides is 2. The van der Waals surface area contributed by atoms with Crippen LogP contribution in [0.1, 0.15) is 44.7 Å². The summed E-state index contributed by atoms with van der Waals surface area (Å²) in [5.41, 5.74) is 5.10.